The summed E-state index contributed by atoms with van der Waals surface area (Å²) in [5.41, 5.74) is 1.40. The van der Waals surface area contributed by atoms with Crippen molar-refractivity contribution in [3.05, 3.63) is 65.0 Å². The van der Waals surface area contributed by atoms with Crippen LogP contribution >= 0.6 is 11.6 Å². The number of benzene rings is 2. The number of likely N-dealkylation sites (tertiary alicyclic amines) is 1. The zero-order valence-electron chi connectivity index (χ0n) is 15.6. The Morgan fingerprint density at radius 3 is 2.75 bits per heavy atom. The Morgan fingerprint density at radius 1 is 1.21 bits per heavy atom. The van der Waals surface area contributed by atoms with Crippen LogP contribution in [0.15, 0.2) is 53.1 Å². The lowest BCUT2D eigenvalue weighted by Gasteiger charge is -2.17. The van der Waals surface area contributed by atoms with E-state index in [1.54, 1.807) is 23.1 Å². The first-order valence-corrected chi connectivity index (χ1v) is 9.46. The molecule has 7 heteroatoms. The molecule has 0 spiro atoms. The van der Waals surface area contributed by atoms with E-state index in [2.05, 4.69) is 17.1 Å². The van der Waals surface area contributed by atoms with Crippen molar-refractivity contribution in [3.8, 4) is 17.1 Å². The smallest absolute Gasteiger partial charge is 0.257 e. The van der Waals surface area contributed by atoms with Crippen LogP contribution in [0, 0.1) is 5.92 Å². The summed E-state index contributed by atoms with van der Waals surface area (Å²) in [5, 5.41) is 4.63. The van der Waals surface area contributed by atoms with Crippen LogP contribution in [0.5, 0.6) is 5.75 Å². The summed E-state index contributed by atoms with van der Waals surface area (Å²) < 4.78 is 10.9. The number of carbonyl (C=O) groups excluding carboxylic acids is 1. The molecular formula is C21H20ClN3O3. The second-order valence-corrected chi connectivity index (χ2v) is 7.40. The van der Waals surface area contributed by atoms with Gasteiger partial charge in [-0.25, -0.2) is 0 Å². The first-order chi connectivity index (χ1) is 13.6. The van der Waals surface area contributed by atoms with Gasteiger partial charge in [0.2, 0.25) is 11.7 Å². The van der Waals surface area contributed by atoms with Crippen LogP contribution in [0.25, 0.3) is 11.4 Å². The Morgan fingerprint density at radius 2 is 2.00 bits per heavy atom. The average molecular weight is 398 g/mol. The fourth-order valence-electron chi connectivity index (χ4n) is 3.56. The van der Waals surface area contributed by atoms with Gasteiger partial charge < -0.3 is 14.2 Å². The quantitative estimate of drug-likeness (QED) is 0.657. The summed E-state index contributed by atoms with van der Waals surface area (Å²) in [4.78, 5) is 19.4. The number of ether oxygens (including phenoxy) is 1. The van der Waals surface area contributed by atoms with Gasteiger partial charge in [0.15, 0.2) is 0 Å². The molecule has 2 atom stereocenters. The number of rotatable bonds is 4. The predicted molar refractivity (Wildman–Crippen MR) is 106 cm³/mol. The van der Waals surface area contributed by atoms with Gasteiger partial charge in [0.25, 0.3) is 5.91 Å². The number of nitrogens with zero attached hydrogens (tertiary/aromatic N) is 3. The standard InChI is InChI=1S/C21H20ClN3O3/c1-13-11-25(21(26)16-9-8-15(22)10-18(16)27-2)12-17(13)20-23-19(24-28-20)14-6-4-3-5-7-14/h3-10,13,17H,11-12H2,1-2H3. The molecule has 1 aliphatic rings. The highest BCUT2D eigenvalue weighted by molar-refractivity contribution is 6.30. The minimum atomic E-state index is -0.0920. The Bertz CT molecular complexity index is 990. The number of carbonyl (C=O) groups is 1. The van der Waals surface area contributed by atoms with Gasteiger partial charge in [-0.1, -0.05) is 54.0 Å². The molecule has 0 aliphatic carbocycles. The molecule has 2 aromatic carbocycles. The SMILES string of the molecule is COc1cc(Cl)ccc1C(=O)N1CC(C)C(c2nc(-c3ccccc3)no2)C1. The molecular weight excluding hydrogens is 378 g/mol. The van der Waals surface area contributed by atoms with Crippen LogP contribution in [0.2, 0.25) is 5.02 Å². The molecule has 0 saturated carbocycles. The Labute approximate surface area is 168 Å². The summed E-state index contributed by atoms with van der Waals surface area (Å²) in [5.74, 6) is 1.69. The lowest BCUT2D eigenvalue weighted by Crippen LogP contribution is -2.29. The normalized spacial score (nSPS) is 19.0. The fourth-order valence-corrected chi connectivity index (χ4v) is 3.72. The number of methoxy groups -OCH3 is 1. The molecule has 0 radical (unpaired) electrons. The van der Waals surface area contributed by atoms with E-state index < -0.39 is 0 Å². The van der Waals surface area contributed by atoms with Gasteiger partial charge in [-0.2, -0.15) is 4.98 Å². The molecule has 2 heterocycles. The van der Waals surface area contributed by atoms with Gasteiger partial charge in [0.05, 0.1) is 18.6 Å². The molecule has 0 N–H and O–H groups in total. The van der Waals surface area contributed by atoms with Crippen LogP contribution in [0.3, 0.4) is 0 Å². The van der Waals surface area contributed by atoms with Crippen molar-refractivity contribution in [2.24, 2.45) is 5.92 Å². The van der Waals surface area contributed by atoms with E-state index in [0.717, 1.165) is 5.56 Å². The molecule has 1 saturated heterocycles. The van der Waals surface area contributed by atoms with E-state index in [1.807, 2.05) is 30.3 Å². The summed E-state index contributed by atoms with van der Waals surface area (Å²) in [7, 11) is 1.53. The van der Waals surface area contributed by atoms with Gasteiger partial charge in [0.1, 0.15) is 5.75 Å². The predicted octanol–water partition coefficient (Wildman–Crippen LogP) is 4.27. The van der Waals surface area contributed by atoms with Crippen molar-refractivity contribution in [3.63, 3.8) is 0 Å². The Hall–Kier alpha value is -2.86. The molecule has 2 unspecified atom stereocenters. The third-order valence-electron chi connectivity index (χ3n) is 5.08. The maximum atomic E-state index is 13.0. The van der Waals surface area contributed by atoms with Gasteiger partial charge in [-0.05, 0) is 24.1 Å². The van der Waals surface area contributed by atoms with Crippen LogP contribution in [0.1, 0.15) is 29.1 Å². The average Bonchev–Trinajstić information content (AvgIpc) is 3.35. The molecule has 0 bridgehead atoms. The Balaban J connectivity index is 1.54. The van der Waals surface area contributed by atoms with Crippen LogP contribution in [-0.4, -0.2) is 41.1 Å². The molecule has 3 aromatic rings. The second kappa shape index (κ2) is 7.64. The highest BCUT2D eigenvalue weighted by Crippen LogP contribution is 2.34. The summed E-state index contributed by atoms with van der Waals surface area (Å²) in [6, 6.07) is 14.7. The zero-order chi connectivity index (χ0) is 19.7. The topological polar surface area (TPSA) is 68.5 Å². The fraction of sp³-hybridized carbons (Fsp3) is 0.286. The van der Waals surface area contributed by atoms with Gasteiger partial charge in [-0.3, -0.25) is 4.79 Å². The molecule has 1 aromatic heterocycles. The summed E-state index contributed by atoms with van der Waals surface area (Å²) in [6.45, 7) is 3.21. The third-order valence-corrected chi connectivity index (χ3v) is 5.32. The van der Waals surface area contributed by atoms with Crippen molar-refractivity contribution >= 4 is 17.5 Å². The van der Waals surface area contributed by atoms with Gasteiger partial charge >= 0.3 is 0 Å². The van der Waals surface area contributed by atoms with Crippen molar-refractivity contribution in [2.75, 3.05) is 20.2 Å². The van der Waals surface area contributed by atoms with Gasteiger partial charge in [-0.15, -0.1) is 0 Å². The highest BCUT2D eigenvalue weighted by Gasteiger charge is 2.37. The van der Waals surface area contributed by atoms with Crippen molar-refractivity contribution in [2.45, 2.75) is 12.8 Å². The van der Waals surface area contributed by atoms with Crippen molar-refractivity contribution in [1.82, 2.24) is 15.0 Å². The summed E-state index contributed by atoms with van der Waals surface area (Å²) >= 11 is 6.01. The molecule has 1 aliphatic heterocycles. The molecule has 1 amide bonds. The van der Waals surface area contributed by atoms with Crippen LogP contribution < -0.4 is 4.74 Å². The van der Waals surface area contributed by atoms with E-state index in [1.165, 1.54) is 7.11 Å². The number of amides is 1. The minimum Gasteiger partial charge on any atom is -0.496 e. The van der Waals surface area contributed by atoms with E-state index in [4.69, 9.17) is 20.9 Å². The Kier molecular flexibility index (Phi) is 5.05. The lowest BCUT2D eigenvalue weighted by atomic mass is 9.98. The van der Waals surface area contributed by atoms with Crippen molar-refractivity contribution in [1.29, 1.82) is 0 Å². The maximum absolute atomic E-state index is 13.0. The number of hydrogen-bond acceptors (Lipinski definition) is 5. The number of aromatic nitrogens is 2. The monoisotopic (exact) mass is 397 g/mol. The van der Waals surface area contributed by atoms with Crippen LogP contribution in [-0.2, 0) is 0 Å². The molecule has 6 nitrogen and oxygen atoms in total. The first-order valence-electron chi connectivity index (χ1n) is 9.08. The van der Waals surface area contributed by atoms with E-state index in [0.29, 0.717) is 41.1 Å². The van der Waals surface area contributed by atoms with E-state index in [9.17, 15) is 4.79 Å². The molecule has 1 fully saturated rings. The van der Waals surface area contributed by atoms with Crippen molar-refractivity contribution < 1.29 is 14.1 Å². The molecule has 28 heavy (non-hydrogen) atoms. The molecule has 4 rings (SSSR count). The molecule has 144 valence electrons. The minimum absolute atomic E-state index is 0.00722. The van der Waals surface area contributed by atoms with Crippen LogP contribution in [0.4, 0.5) is 0 Å². The first kappa shape index (κ1) is 18.5. The van der Waals surface area contributed by atoms with E-state index in [-0.39, 0.29) is 17.7 Å². The van der Waals surface area contributed by atoms with E-state index >= 15 is 0 Å². The lowest BCUT2D eigenvalue weighted by molar-refractivity contribution is 0.0782. The maximum Gasteiger partial charge on any atom is 0.257 e. The second-order valence-electron chi connectivity index (χ2n) is 6.96. The third kappa shape index (κ3) is 3.47. The largest absolute Gasteiger partial charge is 0.496 e. The highest BCUT2D eigenvalue weighted by atomic mass is 35.5. The number of halogens is 1. The van der Waals surface area contributed by atoms with Gasteiger partial charge in [0, 0.05) is 23.7 Å². The number of hydrogen-bond donors (Lipinski definition) is 0. The zero-order valence-corrected chi connectivity index (χ0v) is 16.4. The summed E-state index contributed by atoms with van der Waals surface area (Å²) in [6.07, 6.45) is 0.